The van der Waals surface area contributed by atoms with Gasteiger partial charge in [0.15, 0.2) is 0 Å². The molecule has 0 aromatic rings. The Morgan fingerprint density at radius 1 is 1.35 bits per heavy atom. The third-order valence-electron chi connectivity index (χ3n) is 4.41. The van der Waals surface area contributed by atoms with Crippen molar-refractivity contribution >= 4 is 5.97 Å². The Bertz CT molecular complexity index is 306. The third kappa shape index (κ3) is 2.41. The summed E-state index contributed by atoms with van der Waals surface area (Å²) in [5.41, 5.74) is 0. The Balaban J connectivity index is 2.21. The van der Waals surface area contributed by atoms with Crippen molar-refractivity contribution in [2.75, 3.05) is 6.61 Å². The molecule has 0 radical (unpaired) electrons. The van der Waals surface area contributed by atoms with Crippen molar-refractivity contribution in [1.29, 1.82) is 0 Å². The van der Waals surface area contributed by atoms with E-state index in [1.54, 1.807) is 0 Å². The molecule has 0 heterocycles. The highest BCUT2D eigenvalue weighted by atomic mass is 16.5. The van der Waals surface area contributed by atoms with E-state index in [1.807, 2.05) is 6.92 Å². The highest BCUT2D eigenvalue weighted by molar-refractivity contribution is 5.74. The number of fused-ring (bicyclic) bond motifs is 1. The molecule has 2 aliphatic rings. The first-order valence-electron chi connectivity index (χ1n) is 7.00. The molecular weight excluding hydrogens is 212 g/mol. The van der Waals surface area contributed by atoms with E-state index >= 15 is 0 Å². The van der Waals surface area contributed by atoms with Crippen molar-refractivity contribution in [3.63, 3.8) is 0 Å². The van der Waals surface area contributed by atoms with E-state index in [2.05, 4.69) is 26.0 Å². The average Bonchev–Trinajstić information content (AvgIpc) is 2.75. The molecule has 0 N–H and O–H groups in total. The molecule has 17 heavy (non-hydrogen) atoms. The molecule has 96 valence electrons. The maximum Gasteiger partial charge on any atom is 0.309 e. The van der Waals surface area contributed by atoms with Gasteiger partial charge in [-0.05, 0) is 43.4 Å². The first-order valence-corrected chi connectivity index (χ1v) is 7.00. The normalized spacial score (nSPS) is 36.0. The topological polar surface area (TPSA) is 26.3 Å². The fraction of sp³-hybridized carbons (Fsp3) is 0.800. The van der Waals surface area contributed by atoms with Gasteiger partial charge in [0.25, 0.3) is 0 Å². The van der Waals surface area contributed by atoms with Crippen LogP contribution < -0.4 is 0 Å². The molecule has 1 saturated carbocycles. The molecule has 0 spiro atoms. The number of esters is 1. The number of ether oxygens (including phenoxy) is 1. The van der Waals surface area contributed by atoms with Crippen molar-refractivity contribution in [3.05, 3.63) is 12.2 Å². The lowest BCUT2D eigenvalue weighted by Gasteiger charge is -2.36. The molecule has 0 aromatic carbocycles. The van der Waals surface area contributed by atoms with Crippen LogP contribution in [0.1, 0.15) is 40.0 Å². The Labute approximate surface area is 104 Å². The highest BCUT2D eigenvalue weighted by Crippen LogP contribution is 2.46. The lowest BCUT2D eigenvalue weighted by atomic mass is 9.68. The Kier molecular flexibility index (Phi) is 3.90. The molecule has 0 aliphatic heterocycles. The largest absolute Gasteiger partial charge is 0.466 e. The summed E-state index contributed by atoms with van der Waals surface area (Å²) in [5, 5.41) is 0. The second-order valence-electron chi connectivity index (χ2n) is 5.74. The summed E-state index contributed by atoms with van der Waals surface area (Å²) in [6.45, 7) is 6.81. The number of hydrogen-bond donors (Lipinski definition) is 0. The summed E-state index contributed by atoms with van der Waals surface area (Å²) in [7, 11) is 0. The highest BCUT2D eigenvalue weighted by Gasteiger charge is 2.44. The molecule has 2 heteroatoms. The summed E-state index contributed by atoms with van der Waals surface area (Å²) in [6.07, 6.45) is 8.35. The summed E-state index contributed by atoms with van der Waals surface area (Å²) in [5.74, 6) is 2.18. The Morgan fingerprint density at radius 3 is 2.76 bits per heavy atom. The van der Waals surface area contributed by atoms with E-state index in [4.69, 9.17) is 4.74 Å². The van der Waals surface area contributed by atoms with E-state index in [9.17, 15) is 4.79 Å². The van der Waals surface area contributed by atoms with Gasteiger partial charge in [-0.3, -0.25) is 4.79 Å². The number of carbonyl (C=O) groups excluding carboxylic acids is 1. The van der Waals surface area contributed by atoms with Gasteiger partial charge < -0.3 is 4.74 Å². The number of allylic oxidation sites excluding steroid dienone is 2. The van der Waals surface area contributed by atoms with Gasteiger partial charge in [-0.25, -0.2) is 0 Å². The van der Waals surface area contributed by atoms with E-state index in [0.29, 0.717) is 30.3 Å². The molecule has 0 saturated heterocycles. The first kappa shape index (κ1) is 12.7. The maximum absolute atomic E-state index is 12.2. The number of hydrogen-bond acceptors (Lipinski definition) is 2. The van der Waals surface area contributed by atoms with Crippen molar-refractivity contribution in [1.82, 2.24) is 0 Å². The van der Waals surface area contributed by atoms with Crippen LogP contribution in [-0.2, 0) is 9.53 Å². The van der Waals surface area contributed by atoms with Gasteiger partial charge in [0.05, 0.1) is 12.5 Å². The molecule has 0 bridgehead atoms. The first-order chi connectivity index (χ1) is 8.15. The quantitative estimate of drug-likeness (QED) is 0.554. The number of rotatable bonds is 3. The van der Waals surface area contributed by atoms with Crippen LogP contribution in [-0.4, -0.2) is 12.6 Å². The lowest BCUT2D eigenvalue weighted by molar-refractivity contribution is -0.153. The monoisotopic (exact) mass is 236 g/mol. The van der Waals surface area contributed by atoms with Crippen LogP contribution in [0.5, 0.6) is 0 Å². The molecule has 1 fully saturated rings. The maximum atomic E-state index is 12.2. The van der Waals surface area contributed by atoms with Gasteiger partial charge in [0.2, 0.25) is 0 Å². The van der Waals surface area contributed by atoms with E-state index < -0.39 is 0 Å². The SMILES string of the molecule is CCOC(=O)[C@@H]1[C@@H]2CCC[C@@H]2C=C[C@@H]1C(C)C. The van der Waals surface area contributed by atoms with Crippen LogP contribution >= 0.6 is 0 Å². The van der Waals surface area contributed by atoms with Crippen molar-refractivity contribution < 1.29 is 9.53 Å². The molecule has 2 nitrogen and oxygen atoms in total. The zero-order valence-corrected chi connectivity index (χ0v) is 11.2. The fourth-order valence-corrected chi connectivity index (χ4v) is 3.59. The minimum absolute atomic E-state index is 0.0347. The summed E-state index contributed by atoms with van der Waals surface area (Å²) in [4.78, 5) is 12.2. The van der Waals surface area contributed by atoms with Crippen LogP contribution in [0.25, 0.3) is 0 Å². The predicted molar refractivity (Wildman–Crippen MR) is 68.4 cm³/mol. The molecule has 2 aliphatic carbocycles. The number of carbonyl (C=O) groups is 1. The minimum atomic E-state index is 0.0347. The summed E-state index contributed by atoms with van der Waals surface area (Å²) < 4.78 is 5.30. The van der Waals surface area contributed by atoms with Gasteiger partial charge in [0.1, 0.15) is 0 Å². The molecule has 0 aromatic heterocycles. The van der Waals surface area contributed by atoms with Crippen LogP contribution in [0.4, 0.5) is 0 Å². The average molecular weight is 236 g/mol. The fourth-order valence-electron chi connectivity index (χ4n) is 3.59. The van der Waals surface area contributed by atoms with Gasteiger partial charge in [0, 0.05) is 0 Å². The van der Waals surface area contributed by atoms with Crippen LogP contribution in [0.3, 0.4) is 0 Å². The van der Waals surface area contributed by atoms with Crippen molar-refractivity contribution in [2.24, 2.45) is 29.6 Å². The standard InChI is InChI=1S/C15H24O2/c1-4-17-15(16)14-12(10(2)3)9-8-11-6-5-7-13(11)14/h8-14H,4-7H2,1-3H3/t11-,12-,13-,14+/m1/s1. The second kappa shape index (κ2) is 5.24. The molecule has 0 unspecified atom stereocenters. The van der Waals surface area contributed by atoms with Gasteiger partial charge in [-0.1, -0.05) is 32.4 Å². The van der Waals surface area contributed by atoms with Crippen LogP contribution in [0.2, 0.25) is 0 Å². The zero-order chi connectivity index (χ0) is 12.4. The van der Waals surface area contributed by atoms with Gasteiger partial charge in [-0.2, -0.15) is 0 Å². The third-order valence-corrected chi connectivity index (χ3v) is 4.41. The predicted octanol–water partition coefficient (Wildman–Crippen LogP) is 3.42. The zero-order valence-electron chi connectivity index (χ0n) is 11.2. The Hall–Kier alpha value is -0.790. The van der Waals surface area contributed by atoms with Crippen molar-refractivity contribution in [2.45, 2.75) is 40.0 Å². The minimum Gasteiger partial charge on any atom is -0.466 e. The van der Waals surface area contributed by atoms with Crippen LogP contribution in [0, 0.1) is 29.6 Å². The van der Waals surface area contributed by atoms with Crippen LogP contribution in [0.15, 0.2) is 12.2 Å². The van der Waals surface area contributed by atoms with E-state index in [0.717, 1.165) is 0 Å². The van der Waals surface area contributed by atoms with E-state index in [-0.39, 0.29) is 11.9 Å². The summed E-state index contributed by atoms with van der Waals surface area (Å²) in [6, 6.07) is 0. The molecular formula is C15H24O2. The smallest absolute Gasteiger partial charge is 0.309 e. The molecule has 4 atom stereocenters. The Morgan fingerprint density at radius 2 is 2.12 bits per heavy atom. The van der Waals surface area contributed by atoms with Crippen molar-refractivity contribution in [3.8, 4) is 0 Å². The van der Waals surface area contributed by atoms with Gasteiger partial charge in [-0.15, -0.1) is 0 Å². The molecule has 2 rings (SSSR count). The summed E-state index contributed by atoms with van der Waals surface area (Å²) >= 11 is 0. The lowest BCUT2D eigenvalue weighted by Crippen LogP contribution is -2.38. The van der Waals surface area contributed by atoms with Gasteiger partial charge >= 0.3 is 5.97 Å². The molecule has 0 amide bonds. The second-order valence-corrected chi connectivity index (χ2v) is 5.74. The van der Waals surface area contributed by atoms with E-state index in [1.165, 1.54) is 19.3 Å².